The van der Waals surface area contributed by atoms with Gasteiger partial charge in [0.05, 0.1) is 7.05 Å². The molecule has 12 heavy (non-hydrogen) atoms. The molecule has 0 bridgehead atoms. The standard InChI is InChI=1S/C7H12N4O/c1-3-6(12)4-5-7-8-10-11(2)9-7/h3-5H2,1-2H3. The van der Waals surface area contributed by atoms with Crippen LogP contribution in [0.1, 0.15) is 25.6 Å². The van der Waals surface area contributed by atoms with Crippen LogP contribution in [0.4, 0.5) is 0 Å². The van der Waals surface area contributed by atoms with Crippen molar-refractivity contribution in [1.29, 1.82) is 0 Å². The van der Waals surface area contributed by atoms with Crippen LogP contribution in [-0.2, 0) is 18.3 Å². The topological polar surface area (TPSA) is 60.7 Å². The number of hydrogen-bond donors (Lipinski definition) is 0. The lowest BCUT2D eigenvalue weighted by Crippen LogP contribution is -1.99. The highest BCUT2D eigenvalue weighted by atomic mass is 16.1. The average Bonchev–Trinajstić information content (AvgIpc) is 2.47. The quantitative estimate of drug-likeness (QED) is 0.640. The van der Waals surface area contributed by atoms with Gasteiger partial charge in [-0.1, -0.05) is 6.92 Å². The number of Topliss-reactive ketones (excluding diaryl/α,β-unsaturated/α-hetero) is 1. The van der Waals surface area contributed by atoms with Crippen molar-refractivity contribution in [3.8, 4) is 0 Å². The van der Waals surface area contributed by atoms with Crippen molar-refractivity contribution in [2.75, 3.05) is 0 Å². The van der Waals surface area contributed by atoms with Crippen molar-refractivity contribution < 1.29 is 4.79 Å². The number of carbonyl (C=O) groups is 1. The van der Waals surface area contributed by atoms with Gasteiger partial charge in [0.15, 0.2) is 5.82 Å². The van der Waals surface area contributed by atoms with E-state index in [1.165, 1.54) is 4.80 Å². The number of tetrazole rings is 1. The fourth-order valence-corrected chi connectivity index (χ4v) is 0.851. The van der Waals surface area contributed by atoms with E-state index in [4.69, 9.17) is 0 Å². The van der Waals surface area contributed by atoms with E-state index in [9.17, 15) is 4.79 Å². The molecule has 0 saturated heterocycles. The minimum Gasteiger partial charge on any atom is -0.300 e. The molecule has 0 unspecified atom stereocenters. The highest BCUT2D eigenvalue weighted by molar-refractivity contribution is 5.78. The van der Waals surface area contributed by atoms with Gasteiger partial charge in [-0.25, -0.2) is 0 Å². The smallest absolute Gasteiger partial charge is 0.175 e. The summed E-state index contributed by atoms with van der Waals surface area (Å²) in [6.07, 6.45) is 1.70. The molecule has 0 atom stereocenters. The molecule has 1 aromatic heterocycles. The van der Waals surface area contributed by atoms with Gasteiger partial charge >= 0.3 is 0 Å². The summed E-state index contributed by atoms with van der Waals surface area (Å²) in [7, 11) is 1.71. The van der Waals surface area contributed by atoms with Crippen LogP contribution < -0.4 is 0 Å². The van der Waals surface area contributed by atoms with Gasteiger partial charge in [-0.15, -0.1) is 10.2 Å². The van der Waals surface area contributed by atoms with Crippen LogP contribution >= 0.6 is 0 Å². The lowest BCUT2D eigenvalue weighted by Gasteiger charge is -1.91. The Morgan fingerprint density at radius 1 is 1.58 bits per heavy atom. The predicted molar refractivity (Wildman–Crippen MR) is 42.4 cm³/mol. The van der Waals surface area contributed by atoms with Crippen LogP contribution in [-0.4, -0.2) is 26.0 Å². The molecule has 0 radical (unpaired) electrons. The van der Waals surface area contributed by atoms with Crippen molar-refractivity contribution in [2.45, 2.75) is 26.2 Å². The Morgan fingerprint density at radius 2 is 2.33 bits per heavy atom. The van der Waals surface area contributed by atoms with Crippen molar-refractivity contribution >= 4 is 5.78 Å². The third-order valence-electron chi connectivity index (χ3n) is 1.57. The van der Waals surface area contributed by atoms with Gasteiger partial charge in [0.25, 0.3) is 0 Å². The molecule has 0 aromatic carbocycles. The fourth-order valence-electron chi connectivity index (χ4n) is 0.851. The summed E-state index contributed by atoms with van der Waals surface area (Å²) < 4.78 is 0. The summed E-state index contributed by atoms with van der Waals surface area (Å²) >= 11 is 0. The first-order valence-electron chi connectivity index (χ1n) is 3.97. The summed E-state index contributed by atoms with van der Waals surface area (Å²) in [4.78, 5) is 12.3. The zero-order valence-corrected chi connectivity index (χ0v) is 7.32. The molecule has 5 heteroatoms. The normalized spacial score (nSPS) is 10.2. The molecule has 1 heterocycles. The van der Waals surface area contributed by atoms with Crippen LogP contribution in [0.5, 0.6) is 0 Å². The van der Waals surface area contributed by atoms with E-state index in [1.54, 1.807) is 7.05 Å². The maximum Gasteiger partial charge on any atom is 0.175 e. The van der Waals surface area contributed by atoms with E-state index < -0.39 is 0 Å². The Labute approximate surface area is 70.8 Å². The molecule has 0 fully saturated rings. The molecule has 1 rings (SSSR count). The first-order chi connectivity index (χ1) is 5.72. The van der Waals surface area contributed by atoms with Gasteiger partial charge in [0, 0.05) is 19.3 Å². The van der Waals surface area contributed by atoms with E-state index >= 15 is 0 Å². The number of hydrogen-bond acceptors (Lipinski definition) is 4. The van der Waals surface area contributed by atoms with E-state index in [2.05, 4.69) is 15.4 Å². The summed E-state index contributed by atoms with van der Waals surface area (Å²) in [6.45, 7) is 1.85. The van der Waals surface area contributed by atoms with E-state index in [0.29, 0.717) is 25.1 Å². The van der Waals surface area contributed by atoms with Crippen molar-refractivity contribution in [2.24, 2.45) is 7.05 Å². The number of nitrogens with zero attached hydrogens (tertiary/aromatic N) is 4. The Balaban J connectivity index is 2.38. The average molecular weight is 168 g/mol. The highest BCUT2D eigenvalue weighted by Crippen LogP contribution is 1.96. The van der Waals surface area contributed by atoms with Gasteiger partial charge < -0.3 is 0 Å². The third kappa shape index (κ3) is 2.41. The molecule has 0 saturated carbocycles. The van der Waals surface area contributed by atoms with Crippen LogP contribution in [0.15, 0.2) is 0 Å². The molecule has 0 amide bonds. The summed E-state index contributed by atoms with van der Waals surface area (Å²) in [6, 6.07) is 0. The number of aromatic nitrogens is 4. The van der Waals surface area contributed by atoms with Crippen LogP contribution in [0, 0.1) is 0 Å². The Bertz CT molecular complexity index is 268. The predicted octanol–water partition coefficient (Wildman–Crippen LogP) is 0.122. The van der Waals surface area contributed by atoms with Crippen LogP contribution in [0.2, 0.25) is 0 Å². The first kappa shape index (κ1) is 8.83. The molecule has 1 aromatic rings. The minimum atomic E-state index is 0.238. The molecule has 0 aliphatic rings. The van der Waals surface area contributed by atoms with E-state index in [-0.39, 0.29) is 5.78 Å². The monoisotopic (exact) mass is 168 g/mol. The minimum absolute atomic E-state index is 0.238. The van der Waals surface area contributed by atoms with Gasteiger partial charge in [-0.05, 0) is 5.21 Å². The Morgan fingerprint density at radius 3 is 2.83 bits per heavy atom. The van der Waals surface area contributed by atoms with Crippen molar-refractivity contribution in [1.82, 2.24) is 20.2 Å². The first-order valence-corrected chi connectivity index (χ1v) is 3.97. The van der Waals surface area contributed by atoms with Crippen LogP contribution in [0.25, 0.3) is 0 Å². The lowest BCUT2D eigenvalue weighted by molar-refractivity contribution is -0.118. The molecule has 5 nitrogen and oxygen atoms in total. The lowest BCUT2D eigenvalue weighted by atomic mass is 10.2. The number of ketones is 1. The number of rotatable bonds is 4. The highest BCUT2D eigenvalue weighted by Gasteiger charge is 2.03. The molecule has 66 valence electrons. The molecule has 0 spiro atoms. The molecule has 0 N–H and O–H groups in total. The van der Waals surface area contributed by atoms with Crippen LogP contribution in [0.3, 0.4) is 0 Å². The third-order valence-corrected chi connectivity index (χ3v) is 1.57. The van der Waals surface area contributed by atoms with Gasteiger partial charge in [-0.2, -0.15) is 4.80 Å². The molecule has 0 aliphatic carbocycles. The second-order valence-corrected chi connectivity index (χ2v) is 2.59. The number of carbonyl (C=O) groups excluding carboxylic acids is 1. The summed E-state index contributed by atoms with van der Waals surface area (Å²) in [5.41, 5.74) is 0. The van der Waals surface area contributed by atoms with Gasteiger partial charge in [0.1, 0.15) is 5.78 Å². The SMILES string of the molecule is CCC(=O)CCc1nnn(C)n1. The number of aryl methyl sites for hydroxylation is 2. The maximum absolute atomic E-state index is 10.9. The van der Waals surface area contributed by atoms with E-state index in [1.807, 2.05) is 6.92 Å². The Hall–Kier alpha value is -1.26. The van der Waals surface area contributed by atoms with Gasteiger partial charge in [0.2, 0.25) is 0 Å². The van der Waals surface area contributed by atoms with Crippen molar-refractivity contribution in [3.63, 3.8) is 0 Å². The second kappa shape index (κ2) is 3.94. The summed E-state index contributed by atoms with van der Waals surface area (Å²) in [5, 5.41) is 11.4. The van der Waals surface area contributed by atoms with Crippen molar-refractivity contribution in [3.05, 3.63) is 5.82 Å². The summed E-state index contributed by atoms with van der Waals surface area (Å²) in [5.74, 6) is 0.877. The molecular formula is C7H12N4O. The maximum atomic E-state index is 10.9. The Kier molecular flexibility index (Phi) is 2.90. The molecular weight excluding hydrogens is 156 g/mol. The van der Waals surface area contributed by atoms with E-state index in [0.717, 1.165) is 0 Å². The fraction of sp³-hybridized carbons (Fsp3) is 0.714. The zero-order chi connectivity index (χ0) is 8.97. The molecule has 0 aliphatic heterocycles. The van der Waals surface area contributed by atoms with Gasteiger partial charge in [-0.3, -0.25) is 4.79 Å². The second-order valence-electron chi connectivity index (χ2n) is 2.59. The zero-order valence-electron chi connectivity index (χ0n) is 7.32. The largest absolute Gasteiger partial charge is 0.300 e.